The van der Waals surface area contributed by atoms with E-state index in [0.717, 1.165) is 18.1 Å². The van der Waals surface area contributed by atoms with Gasteiger partial charge in [0, 0.05) is 24.2 Å². The topological polar surface area (TPSA) is 29.3 Å². The van der Waals surface area contributed by atoms with Crippen molar-refractivity contribution in [2.75, 3.05) is 19.6 Å². The van der Waals surface area contributed by atoms with Crippen LogP contribution in [0.1, 0.15) is 31.2 Å². The van der Waals surface area contributed by atoms with E-state index in [9.17, 15) is 0 Å². The Labute approximate surface area is 109 Å². The molecule has 0 aliphatic carbocycles. The van der Waals surface area contributed by atoms with Gasteiger partial charge in [-0.2, -0.15) is 0 Å². The summed E-state index contributed by atoms with van der Waals surface area (Å²) in [7, 11) is 0. The van der Waals surface area contributed by atoms with Crippen molar-refractivity contribution in [3.8, 4) is 0 Å². The van der Waals surface area contributed by atoms with Crippen LogP contribution in [0.4, 0.5) is 0 Å². The van der Waals surface area contributed by atoms with Crippen molar-refractivity contribution < 1.29 is 0 Å². The van der Waals surface area contributed by atoms with Gasteiger partial charge in [0.1, 0.15) is 0 Å². The van der Waals surface area contributed by atoms with Crippen LogP contribution in [-0.4, -0.2) is 30.6 Å². The summed E-state index contributed by atoms with van der Waals surface area (Å²) in [5, 5.41) is 0.824. The van der Waals surface area contributed by atoms with Crippen LogP contribution >= 0.6 is 11.6 Å². The van der Waals surface area contributed by atoms with Crippen LogP contribution in [0.3, 0.4) is 0 Å². The molecule has 1 aliphatic rings. The van der Waals surface area contributed by atoms with Crippen molar-refractivity contribution in [1.82, 2.24) is 4.90 Å². The van der Waals surface area contributed by atoms with Gasteiger partial charge in [-0.3, -0.25) is 0 Å². The van der Waals surface area contributed by atoms with Crippen LogP contribution in [0.25, 0.3) is 0 Å². The molecule has 0 spiro atoms. The summed E-state index contributed by atoms with van der Waals surface area (Å²) in [4.78, 5) is 2.47. The maximum absolute atomic E-state index is 6.02. The molecular formula is C14H21ClN2. The molecule has 17 heavy (non-hydrogen) atoms. The Morgan fingerprint density at radius 3 is 3.06 bits per heavy atom. The lowest BCUT2D eigenvalue weighted by molar-refractivity contribution is 0.200. The second-order valence-electron chi connectivity index (χ2n) is 5.12. The van der Waals surface area contributed by atoms with Gasteiger partial charge in [0.2, 0.25) is 0 Å². The van der Waals surface area contributed by atoms with Crippen LogP contribution < -0.4 is 5.73 Å². The van der Waals surface area contributed by atoms with Crippen LogP contribution in [0.5, 0.6) is 0 Å². The van der Waals surface area contributed by atoms with Gasteiger partial charge in [-0.1, -0.05) is 30.7 Å². The molecule has 2 nitrogen and oxygen atoms in total. The number of likely N-dealkylation sites (tertiary alicyclic amines) is 1. The Morgan fingerprint density at radius 2 is 2.35 bits per heavy atom. The number of benzene rings is 1. The van der Waals surface area contributed by atoms with E-state index in [2.05, 4.69) is 24.0 Å². The van der Waals surface area contributed by atoms with Crippen LogP contribution in [0.15, 0.2) is 24.3 Å². The zero-order chi connectivity index (χ0) is 12.3. The second kappa shape index (κ2) is 5.85. The van der Waals surface area contributed by atoms with Gasteiger partial charge < -0.3 is 10.6 Å². The molecule has 3 heteroatoms. The zero-order valence-corrected chi connectivity index (χ0v) is 11.2. The number of hydrogen-bond donors (Lipinski definition) is 1. The highest BCUT2D eigenvalue weighted by atomic mass is 35.5. The highest BCUT2D eigenvalue weighted by molar-refractivity contribution is 6.30. The largest absolute Gasteiger partial charge is 0.327 e. The van der Waals surface area contributed by atoms with Crippen molar-refractivity contribution in [1.29, 1.82) is 0 Å². The molecule has 1 aromatic rings. The minimum absolute atomic E-state index is 0.357. The van der Waals surface area contributed by atoms with E-state index in [1.54, 1.807) is 0 Å². The molecule has 1 fully saturated rings. The van der Waals surface area contributed by atoms with E-state index in [4.69, 9.17) is 17.3 Å². The molecule has 1 aliphatic heterocycles. The number of nitrogens with two attached hydrogens (primary N) is 1. The minimum atomic E-state index is 0.357. The smallest absolute Gasteiger partial charge is 0.0408 e. The number of hydrogen-bond acceptors (Lipinski definition) is 2. The lowest BCUT2D eigenvalue weighted by atomic mass is 9.98. The normalized spacial score (nSPS) is 23.6. The maximum Gasteiger partial charge on any atom is 0.0408 e. The van der Waals surface area contributed by atoms with Gasteiger partial charge in [-0.15, -0.1) is 0 Å². The molecule has 0 saturated carbocycles. The Kier molecular flexibility index (Phi) is 4.43. The van der Waals surface area contributed by atoms with Gasteiger partial charge >= 0.3 is 0 Å². The molecule has 2 N–H and O–H groups in total. The third-order valence-electron chi connectivity index (χ3n) is 3.49. The highest BCUT2D eigenvalue weighted by Gasteiger charge is 2.18. The molecule has 2 rings (SSSR count). The first-order chi connectivity index (χ1) is 8.15. The zero-order valence-electron chi connectivity index (χ0n) is 10.4. The summed E-state index contributed by atoms with van der Waals surface area (Å²) in [6.07, 6.45) is 2.39. The third kappa shape index (κ3) is 3.70. The molecule has 2 unspecified atom stereocenters. The molecule has 0 bridgehead atoms. The van der Waals surface area contributed by atoms with Crippen LogP contribution in [-0.2, 0) is 0 Å². The highest BCUT2D eigenvalue weighted by Crippen LogP contribution is 2.21. The molecule has 2 atom stereocenters. The van der Waals surface area contributed by atoms with Crippen molar-refractivity contribution in [3.05, 3.63) is 34.9 Å². The molecule has 94 valence electrons. The SMILES string of the molecule is CC(CN1CCCC(N)C1)c1cccc(Cl)c1. The van der Waals surface area contributed by atoms with Crippen LogP contribution in [0, 0.1) is 0 Å². The first-order valence-electron chi connectivity index (χ1n) is 6.38. The van der Waals surface area contributed by atoms with Gasteiger partial charge in [0.25, 0.3) is 0 Å². The van der Waals surface area contributed by atoms with E-state index >= 15 is 0 Å². The molecule has 0 aromatic heterocycles. The van der Waals surface area contributed by atoms with E-state index < -0.39 is 0 Å². The number of piperidine rings is 1. The molecule has 0 radical (unpaired) electrons. The quantitative estimate of drug-likeness (QED) is 0.897. The van der Waals surface area contributed by atoms with Gasteiger partial charge in [-0.25, -0.2) is 0 Å². The minimum Gasteiger partial charge on any atom is -0.327 e. The molecule has 1 saturated heterocycles. The first kappa shape index (κ1) is 12.9. The third-order valence-corrected chi connectivity index (χ3v) is 3.73. The Balaban J connectivity index is 1.94. The number of nitrogens with zero attached hydrogens (tertiary/aromatic N) is 1. The van der Waals surface area contributed by atoms with E-state index in [1.165, 1.54) is 24.9 Å². The summed E-state index contributed by atoms with van der Waals surface area (Å²) in [6.45, 7) is 5.54. The predicted octanol–water partition coefficient (Wildman–Crippen LogP) is 2.87. The molecule has 0 amide bonds. The van der Waals surface area contributed by atoms with Gasteiger partial charge in [0.15, 0.2) is 0 Å². The second-order valence-corrected chi connectivity index (χ2v) is 5.55. The van der Waals surface area contributed by atoms with Gasteiger partial charge in [0.05, 0.1) is 0 Å². The summed E-state index contributed by atoms with van der Waals surface area (Å²) < 4.78 is 0. The van der Waals surface area contributed by atoms with Crippen molar-refractivity contribution in [2.45, 2.75) is 31.7 Å². The number of halogens is 1. The van der Waals surface area contributed by atoms with Crippen molar-refractivity contribution >= 4 is 11.6 Å². The monoisotopic (exact) mass is 252 g/mol. The molecule has 1 heterocycles. The Morgan fingerprint density at radius 1 is 1.53 bits per heavy atom. The lowest BCUT2D eigenvalue weighted by Gasteiger charge is -2.32. The van der Waals surface area contributed by atoms with E-state index in [-0.39, 0.29) is 0 Å². The lowest BCUT2D eigenvalue weighted by Crippen LogP contribution is -2.44. The summed E-state index contributed by atoms with van der Waals surface area (Å²) in [5.41, 5.74) is 7.32. The summed E-state index contributed by atoms with van der Waals surface area (Å²) >= 11 is 6.02. The Hall–Kier alpha value is -0.570. The summed E-state index contributed by atoms with van der Waals surface area (Å²) in [6, 6.07) is 8.52. The number of rotatable bonds is 3. The average Bonchev–Trinajstić information content (AvgIpc) is 2.29. The summed E-state index contributed by atoms with van der Waals surface area (Å²) in [5.74, 6) is 0.513. The standard InChI is InChI=1S/C14H21ClN2/c1-11(12-4-2-5-13(15)8-12)9-17-7-3-6-14(16)10-17/h2,4-5,8,11,14H,3,6-7,9-10,16H2,1H3. The van der Waals surface area contributed by atoms with E-state index in [0.29, 0.717) is 12.0 Å². The first-order valence-corrected chi connectivity index (χ1v) is 6.76. The van der Waals surface area contributed by atoms with E-state index in [1.807, 2.05) is 12.1 Å². The average molecular weight is 253 g/mol. The van der Waals surface area contributed by atoms with Gasteiger partial charge in [-0.05, 0) is 43.0 Å². The molecular weight excluding hydrogens is 232 g/mol. The van der Waals surface area contributed by atoms with Crippen molar-refractivity contribution in [2.24, 2.45) is 5.73 Å². The fraction of sp³-hybridized carbons (Fsp3) is 0.571. The maximum atomic E-state index is 6.02. The predicted molar refractivity (Wildman–Crippen MR) is 73.5 cm³/mol. The Bertz CT molecular complexity index is 367. The van der Waals surface area contributed by atoms with Crippen LogP contribution in [0.2, 0.25) is 5.02 Å². The fourth-order valence-corrected chi connectivity index (χ4v) is 2.76. The van der Waals surface area contributed by atoms with Crippen molar-refractivity contribution in [3.63, 3.8) is 0 Å². The fourth-order valence-electron chi connectivity index (χ4n) is 2.56. The molecule has 1 aromatic carbocycles.